The number of amides is 2. The maximum atomic E-state index is 11.7. The monoisotopic (exact) mass is 250 g/mol. The van der Waals surface area contributed by atoms with Crippen molar-refractivity contribution in [3.8, 4) is 0 Å². The van der Waals surface area contributed by atoms with Gasteiger partial charge in [-0.15, -0.1) is 0 Å². The summed E-state index contributed by atoms with van der Waals surface area (Å²) in [6.07, 6.45) is 0. The summed E-state index contributed by atoms with van der Waals surface area (Å²) in [4.78, 5) is 13.2. The second-order valence-corrected chi connectivity index (χ2v) is 4.68. The molecule has 0 heterocycles. The topological polar surface area (TPSA) is 52.6 Å². The van der Waals surface area contributed by atoms with E-state index in [1.165, 1.54) is 21.6 Å². The standard InChI is InChI=1S/C14H22N2O2/c1-10-7-11(2)13(12(3)8-10)9-15-14(18)16(4)5-6-17/h7-8,17H,5-6,9H2,1-4H3,(H,15,18). The van der Waals surface area contributed by atoms with E-state index in [1.807, 2.05) is 0 Å². The Balaban J connectivity index is 2.67. The van der Waals surface area contributed by atoms with Gasteiger partial charge in [0.15, 0.2) is 0 Å². The predicted octanol–water partition coefficient (Wildman–Crippen LogP) is 1.75. The highest BCUT2D eigenvalue weighted by Crippen LogP contribution is 2.16. The maximum Gasteiger partial charge on any atom is 0.317 e. The van der Waals surface area contributed by atoms with Crippen LogP contribution in [0.2, 0.25) is 0 Å². The number of carbonyl (C=O) groups excluding carboxylic acids is 1. The van der Waals surface area contributed by atoms with Crippen LogP contribution in [0.25, 0.3) is 0 Å². The van der Waals surface area contributed by atoms with Gasteiger partial charge in [0.25, 0.3) is 0 Å². The summed E-state index contributed by atoms with van der Waals surface area (Å²) in [7, 11) is 1.67. The molecule has 0 aliphatic heterocycles. The molecular weight excluding hydrogens is 228 g/mol. The number of nitrogens with zero attached hydrogens (tertiary/aromatic N) is 1. The second-order valence-electron chi connectivity index (χ2n) is 4.68. The minimum Gasteiger partial charge on any atom is -0.395 e. The smallest absolute Gasteiger partial charge is 0.317 e. The van der Waals surface area contributed by atoms with Gasteiger partial charge in [-0.3, -0.25) is 0 Å². The number of aryl methyl sites for hydroxylation is 3. The number of likely N-dealkylation sites (N-methyl/N-ethyl adjacent to an activating group) is 1. The number of nitrogens with one attached hydrogen (secondary N) is 1. The van der Waals surface area contributed by atoms with Crippen LogP contribution in [0.4, 0.5) is 4.79 Å². The molecule has 0 atom stereocenters. The van der Waals surface area contributed by atoms with Gasteiger partial charge in [-0.05, 0) is 37.5 Å². The predicted molar refractivity (Wildman–Crippen MR) is 72.6 cm³/mol. The molecule has 1 rings (SSSR count). The average Bonchev–Trinajstić information content (AvgIpc) is 2.27. The fourth-order valence-corrected chi connectivity index (χ4v) is 2.04. The van der Waals surface area contributed by atoms with E-state index < -0.39 is 0 Å². The quantitative estimate of drug-likeness (QED) is 0.855. The van der Waals surface area contributed by atoms with Crippen molar-refractivity contribution in [2.24, 2.45) is 0 Å². The minimum absolute atomic E-state index is 0.0213. The Bertz CT molecular complexity index is 407. The lowest BCUT2D eigenvalue weighted by Gasteiger charge is -2.18. The molecule has 0 aliphatic carbocycles. The summed E-state index contributed by atoms with van der Waals surface area (Å²) in [5.41, 5.74) is 4.78. The van der Waals surface area contributed by atoms with Gasteiger partial charge in [0, 0.05) is 20.1 Å². The first-order valence-electron chi connectivity index (χ1n) is 6.12. The van der Waals surface area contributed by atoms with Crippen molar-refractivity contribution in [3.63, 3.8) is 0 Å². The van der Waals surface area contributed by atoms with Crippen LogP contribution in [-0.2, 0) is 6.54 Å². The summed E-state index contributed by atoms with van der Waals surface area (Å²) in [5, 5.41) is 11.6. The Morgan fingerprint density at radius 2 is 1.83 bits per heavy atom. The Kier molecular flexibility index (Phi) is 5.16. The van der Waals surface area contributed by atoms with Crippen molar-refractivity contribution in [1.29, 1.82) is 0 Å². The molecule has 0 spiro atoms. The molecule has 0 aliphatic rings. The molecule has 0 fully saturated rings. The zero-order chi connectivity index (χ0) is 13.7. The average molecular weight is 250 g/mol. The highest BCUT2D eigenvalue weighted by molar-refractivity contribution is 5.73. The Hall–Kier alpha value is -1.55. The number of hydrogen-bond donors (Lipinski definition) is 2. The first-order valence-corrected chi connectivity index (χ1v) is 6.12. The molecule has 100 valence electrons. The molecule has 0 aromatic heterocycles. The largest absolute Gasteiger partial charge is 0.395 e. The highest BCUT2D eigenvalue weighted by Gasteiger charge is 2.09. The maximum absolute atomic E-state index is 11.7. The molecule has 0 unspecified atom stereocenters. The molecule has 2 amide bonds. The third-order valence-corrected chi connectivity index (χ3v) is 3.04. The molecule has 1 aromatic carbocycles. The molecule has 0 saturated heterocycles. The van der Waals surface area contributed by atoms with Crippen LogP contribution in [-0.4, -0.2) is 36.2 Å². The SMILES string of the molecule is Cc1cc(C)c(CNC(=O)N(C)CCO)c(C)c1. The van der Waals surface area contributed by atoms with Gasteiger partial charge in [-0.2, -0.15) is 0 Å². The lowest BCUT2D eigenvalue weighted by Crippen LogP contribution is -2.38. The first kappa shape index (κ1) is 14.5. The van der Waals surface area contributed by atoms with Gasteiger partial charge in [-0.25, -0.2) is 4.79 Å². The van der Waals surface area contributed by atoms with E-state index in [-0.39, 0.29) is 12.6 Å². The van der Waals surface area contributed by atoms with Gasteiger partial charge >= 0.3 is 6.03 Å². The fourth-order valence-electron chi connectivity index (χ4n) is 2.04. The van der Waals surface area contributed by atoms with Crippen molar-refractivity contribution >= 4 is 6.03 Å². The number of urea groups is 1. The number of carbonyl (C=O) groups is 1. The third-order valence-electron chi connectivity index (χ3n) is 3.04. The molecule has 2 N–H and O–H groups in total. The first-order chi connectivity index (χ1) is 8.45. The van der Waals surface area contributed by atoms with Crippen molar-refractivity contribution in [1.82, 2.24) is 10.2 Å². The molecule has 1 aromatic rings. The van der Waals surface area contributed by atoms with Crippen molar-refractivity contribution in [2.75, 3.05) is 20.2 Å². The number of benzene rings is 1. The van der Waals surface area contributed by atoms with Crippen LogP contribution in [0.15, 0.2) is 12.1 Å². The van der Waals surface area contributed by atoms with Crippen LogP contribution in [0.1, 0.15) is 22.3 Å². The van der Waals surface area contributed by atoms with Crippen molar-refractivity contribution < 1.29 is 9.90 Å². The van der Waals surface area contributed by atoms with Gasteiger partial charge in [0.1, 0.15) is 0 Å². The van der Waals surface area contributed by atoms with Crippen LogP contribution in [0.5, 0.6) is 0 Å². The molecule has 0 radical (unpaired) electrons. The summed E-state index contributed by atoms with van der Waals surface area (Å²) < 4.78 is 0. The van der Waals surface area contributed by atoms with E-state index in [9.17, 15) is 4.79 Å². The van der Waals surface area contributed by atoms with Crippen LogP contribution < -0.4 is 5.32 Å². The van der Waals surface area contributed by atoms with Crippen LogP contribution in [0, 0.1) is 20.8 Å². The van der Waals surface area contributed by atoms with E-state index in [0.29, 0.717) is 13.1 Å². The van der Waals surface area contributed by atoms with Crippen molar-refractivity contribution in [3.05, 3.63) is 34.4 Å². The number of aliphatic hydroxyl groups excluding tert-OH is 1. The number of hydrogen-bond acceptors (Lipinski definition) is 2. The zero-order valence-corrected chi connectivity index (χ0v) is 11.6. The molecule has 18 heavy (non-hydrogen) atoms. The molecule has 0 bridgehead atoms. The summed E-state index contributed by atoms with van der Waals surface area (Å²) >= 11 is 0. The van der Waals surface area contributed by atoms with Crippen LogP contribution in [0.3, 0.4) is 0 Å². The summed E-state index contributed by atoms with van der Waals surface area (Å²) in [6.45, 7) is 7.02. The highest BCUT2D eigenvalue weighted by atomic mass is 16.3. The summed E-state index contributed by atoms with van der Waals surface area (Å²) in [6, 6.07) is 4.07. The fraction of sp³-hybridized carbons (Fsp3) is 0.500. The van der Waals surface area contributed by atoms with Gasteiger partial charge in [-0.1, -0.05) is 17.7 Å². The Morgan fingerprint density at radius 3 is 2.33 bits per heavy atom. The Morgan fingerprint density at radius 1 is 1.28 bits per heavy atom. The van der Waals surface area contributed by atoms with Crippen molar-refractivity contribution in [2.45, 2.75) is 27.3 Å². The summed E-state index contributed by atoms with van der Waals surface area (Å²) in [5.74, 6) is 0. The molecular formula is C14H22N2O2. The second kappa shape index (κ2) is 6.40. The van der Waals surface area contributed by atoms with Gasteiger partial charge in [0.2, 0.25) is 0 Å². The third kappa shape index (κ3) is 3.74. The molecule has 4 heteroatoms. The van der Waals surface area contributed by atoms with E-state index >= 15 is 0 Å². The molecule has 0 saturated carbocycles. The number of rotatable bonds is 4. The lowest BCUT2D eigenvalue weighted by molar-refractivity contribution is 0.190. The lowest BCUT2D eigenvalue weighted by atomic mass is 10.00. The molecule has 4 nitrogen and oxygen atoms in total. The van der Waals surface area contributed by atoms with Gasteiger partial charge in [0.05, 0.1) is 6.61 Å². The van der Waals surface area contributed by atoms with Gasteiger partial charge < -0.3 is 15.3 Å². The number of aliphatic hydroxyl groups is 1. The van der Waals surface area contributed by atoms with E-state index in [2.05, 4.69) is 38.2 Å². The minimum atomic E-state index is -0.163. The van der Waals surface area contributed by atoms with E-state index in [0.717, 1.165) is 5.56 Å². The van der Waals surface area contributed by atoms with E-state index in [4.69, 9.17) is 5.11 Å². The van der Waals surface area contributed by atoms with E-state index in [1.54, 1.807) is 7.05 Å². The Labute approximate surface area is 109 Å². The normalized spacial score (nSPS) is 10.3. The zero-order valence-electron chi connectivity index (χ0n) is 11.6. The van der Waals surface area contributed by atoms with Crippen LogP contribution >= 0.6 is 0 Å².